The van der Waals surface area contributed by atoms with Crippen LogP contribution in [0.15, 0.2) is 46.2 Å². The second-order valence-corrected chi connectivity index (χ2v) is 11.2. The Morgan fingerprint density at radius 2 is 1.62 bits per heavy atom. The van der Waals surface area contributed by atoms with Crippen molar-refractivity contribution in [3.63, 3.8) is 0 Å². The summed E-state index contributed by atoms with van der Waals surface area (Å²) in [6.45, 7) is 11.3. The van der Waals surface area contributed by atoms with E-state index in [1.807, 2.05) is 46.8 Å². The lowest BCUT2D eigenvalue weighted by Crippen LogP contribution is -2.15. The van der Waals surface area contributed by atoms with Gasteiger partial charge < -0.3 is 5.32 Å². The summed E-state index contributed by atoms with van der Waals surface area (Å²) in [6.07, 6.45) is 0. The number of carbonyl (C=O) groups is 1. The first-order valence-electron chi connectivity index (χ1n) is 8.34. The molecule has 0 aromatic heterocycles. The molecule has 6 heteroatoms. The summed E-state index contributed by atoms with van der Waals surface area (Å²) in [5.41, 5.74) is 3.16. The van der Waals surface area contributed by atoms with E-state index in [0.29, 0.717) is 10.6 Å². The van der Waals surface area contributed by atoms with Crippen molar-refractivity contribution in [2.75, 3.05) is 5.32 Å². The number of hydrogen-bond donors (Lipinski definition) is 1. The summed E-state index contributed by atoms with van der Waals surface area (Å²) in [5, 5.41) is 2.82. The van der Waals surface area contributed by atoms with E-state index < -0.39 is 8.87 Å². The van der Waals surface area contributed by atoms with Gasteiger partial charge in [-0.15, -0.1) is 0 Å². The van der Waals surface area contributed by atoms with Crippen molar-refractivity contribution in [2.45, 2.75) is 56.7 Å². The van der Waals surface area contributed by atoms with Crippen molar-refractivity contribution in [3.8, 4) is 0 Å². The highest BCUT2D eigenvalue weighted by atomic mass is 33.1. The minimum atomic E-state index is -3.54. The topological polar surface area (TPSA) is 63.2 Å². The van der Waals surface area contributed by atoms with E-state index in [1.54, 1.807) is 24.3 Å². The molecule has 4 nitrogen and oxygen atoms in total. The van der Waals surface area contributed by atoms with Crippen LogP contribution < -0.4 is 5.32 Å². The molecular formula is C20H25NO3S2. The molecule has 0 saturated carbocycles. The Hall–Kier alpha value is -1.79. The van der Waals surface area contributed by atoms with Crippen LogP contribution in [0, 0.1) is 13.8 Å². The SMILES string of the molecule is CC(=O)Nc1cc(C(C)(C)C)c(SS(=O)(=O)c2ccc(C)cc2)cc1C. The summed E-state index contributed by atoms with van der Waals surface area (Å²) < 4.78 is 25.7. The van der Waals surface area contributed by atoms with Gasteiger partial charge >= 0.3 is 0 Å². The Morgan fingerprint density at radius 1 is 1.04 bits per heavy atom. The zero-order valence-corrected chi connectivity index (χ0v) is 17.6. The summed E-state index contributed by atoms with van der Waals surface area (Å²) in [5.74, 6) is -0.152. The van der Waals surface area contributed by atoms with Gasteiger partial charge in [-0.3, -0.25) is 4.79 Å². The first-order valence-corrected chi connectivity index (χ1v) is 11.2. The van der Waals surface area contributed by atoms with Gasteiger partial charge in [0.05, 0.1) is 4.90 Å². The normalized spacial score (nSPS) is 12.1. The molecule has 0 aliphatic carbocycles. The first kappa shape index (κ1) is 20.5. The zero-order valence-electron chi connectivity index (χ0n) is 16.0. The molecule has 2 aromatic carbocycles. The third-order valence-corrected chi connectivity index (χ3v) is 7.31. The molecular weight excluding hydrogens is 366 g/mol. The molecule has 0 saturated heterocycles. The van der Waals surface area contributed by atoms with Crippen molar-refractivity contribution < 1.29 is 13.2 Å². The molecule has 0 bridgehead atoms. The van der Waals surface area contributed by atoms with Crippen LogP contribution in [0.4, 0.5) is 5.69 Å². The fourth-order valence-electron chi connectivity index (χ4n) is 2.53. The molecule has 0 atom stereocenters. The summed E-state index contributed by atoms with van der Waals surface area (Å²) in [7, 11) is -2.68. The minimum absolute atomic E-state index is 0.152. The van der Waals surface area contributed by atoms with E-state index in [9.17, 15) is 13.2 Å². The first-order chi connectivity index (χ1) is 11.9. The molecule has 0 fully saturated rings. The Morgan fingerprint density at radius 3 is 2.12 bits per heavy atom. The van der Waals surface area contributed by atoms with E-state index >= 15 is 0 Å². The van der Waals surface area contributed by atoms with Gasteiger partial charge in [-0.25, -0.2) is 8.42 Å². The number of amides is 1. The van der Waals surface area contributed by atoms with Gasteiger partial charge in [0.2, 0.25) is 14.8 Å². The molecule has 2 aromatic rings. The van der Waals surface area contributed by atoms with Gasteiger partial charge in [0.1, 0.15) is 0 Å². The third-order valence-electron chi connectivity index (χ3n) is 3.95. The molecule has 0 aliphatic rings. The van der Waals surface area contributed by atoms with Crippen LogP contribution in [0.5, 0.6) is 0 Å². The van der Waals surface area contributed by atoms with Gasteiger partial charge in [0.25, 0.3) is 0 Å². The van der Waals surface area contributed by atoms with E-state index in [0.717, 1.165) is 27.5 Å². The number of nitrogens with one attached hydrogen (secondary N) is 1. The Balaban J connectivity index is 2.52. The Bertz CT molecular complexity index is 925. The van der Waals surface area contributed by atoms with Crippen LogP contribution in [-0.4, -0.2) is 14.3 Å². The molecule has 0 aliphatic heterocycles. The molecule has 140 valence electrons. The number of hydrogen-bond acceptors (Lipinski definition) is 4. The monoisotopic (exact) mass is 391 g/mol. The molecule has 0 unspecified atom stereocenters. The Kier molecular flexibility index (Phi) is 5.88. The van der Waals surface area contributed by atoms with E-state index in [2.05, 4.69) is 5.32 Å². The highest BCUT2D eigenvalue weighted by Crippen LogP contribution is 2.40. The van der Waals surface area contributed by atoms with E-state index in [4.69, 9.17) is 0 Å². The fourth-order valence-corrected chi connectivity index (χ4v) is 5.76. The van der Waals surface area contributed by atoms with Crippen molar-refractivity contribution in [2.24, 2.45) is 0 Å². The van der Waals surface area contributed by atoms with Crippen molar-refractivity contribution >= 4 is 31.3 Å². The highest BCUT2D eigenvalue weighted by Gasteiger charge is 2.25. The molecule has 0 heterocycles. The van der Waals surface area contributed by atoms with Crippen molar-refractivity contribution in [3.05, 3.63) is 53.1 Å². The second kappa shape index (κ2) is 7.45. The van der Waals surface area contributed by atoms with Gasteiger partial charge in [-0.1, -0.05) is 38.5 Å². The van der Waals surface area contributed by atoms with Crippen molar-refractivity contribution in [1.29, 1.82) is 0 Å². The maximum absolute atomic E-state index is 12.9. The lowest BCUT2D eigenvalue weighted by molar-refractivity contribution is -0.114. The Labute approximate surface area is 159 Å². The average Bonchev–Trinajstić information content (AvgIpc) is 2.48. The molecule has 0 radical (unpaired) electrons. The standard InChI is InChI=1S/C20H25NO3S2/c1-13-7-9-16(10-8-13)26(23,24)25-19-11-14(2)18(21-15(3)22)12-17(19)20(4,5)6/h7-12H,1-6H3,(H,21,22). The van der Waals surface area contributed by atoms with Crippen LogP contribution >= 0.6 is 10.8 Å². The maximum Gasteiger partial charge on any atom is 0.234 e. The number of anilines is 1. The number of aryl methyl sites for hydroxylation is 2. The predicted molar refractivity (Wildman–Crippen MR) is 108 cm³/mol. The molecule has 2 rings (SSSR count). The predicted octanol–water partition coefficient (Wildman–Crippen LogP) is 5.04. The lowest BCUT2D eigenvalue weighted by Gasteiger charge is -2.24. The molecule has 26 heavy (non-hydrogen) atoms. The third kappa shape index (κ3) is 4.89. The van der Waals surface area contributed by atoms with E-state index in [1.165, 1.54) is 6.92 Å². The molecule has 0 spiro atoms. The number of benzene rings is 2. The summed E-state index contributed by atoms with van der Waals surface area (Å²) in [4.78, 5) is 12.4. The highest BCUT2D eigenvalue weighted by molar-refractivity contribution is 8.72. The van der Waals surface area contributed by atoms with Crippen LogP contribution in [0.1, 0.15) is 44.4 Å². The average molecular weight is 392 g/mol. The minimum Gasteiger partial charge on any atom is -0.326 e. The largest absolute Gasteiger partial charge is 0.326 e. The molecule has 1 amide bonds. The zero-order chi connectivity index (χ0) is 19.7. The van der Waals surface area contributed by atoms with Crippen molar-refractivity contribution in [1.82, 2.24) is 0 Å². The maximum atomic E-state index is 12.9. The lowest BCUT2D eigenvalue weighted by atomic mass is 9.86. The van der Waals surface area contributed by atoms with Crippen LogP contribution in [0.3, 0.4) is 0 Å². The summed E-state index contributed by atoms with van der Waals surface area (Å²) in [6, 6.07) is 10.6. The van der Waals surface area contributed by atoms with Crippen LogP contribution in [0.2, 0.25) is 0 Å². The summed E-state index contributed by atoms with van der Waals surface area (Å²) >= 11 is 0. The van der Waals surface area contributed by atoms with Gasteiger partial charge in [0.15, 0.2) is 0 Å². The smallest absolute Gasteiger partial charge is 0.234 e. The van der Waals surface area contributed by atoms with Crippen LogP contribution in [0.25, 0.3) is 0 Å². The van der Waals surface area contributed by atoms with Gasteiger partial charge in [-0.05, 0) is 54.7 Å². The number of rotatable bonds is 4. The van der Waals surface area contributed by atoms with Crippen LogP contribution in [-0.2, 0) is 19.1 Å². The quantitative estimate of drug-likeness (QED) is 0.742. The number of carbonyl (C=O) groups excluding carboxylic acids is 1. The van der Waals surface area contributed by atoms with Gasteiger partial charge in [-0.2, -0.15) is 0 Å². The molecule has 1 N–H and O–H groups in total. The van der Waals surface area contributed by atoms with Gasteiger partial charge in [0, 0.05) is 28.3 Å². The fraction of sp³-hybridized carbons (Fsp3) is 0.350. The second-order valence-electron chi connectivity index (χ2n) is 7.44. The van der Waals surface area contributed by atoms with E-state index in [-0.39, 0.29) is 16.2 Å².